The fourth-order valence-electron chi connectivity index (χ4n) is 1.38. The number of hydrogen-bond donors (Lipinski definition) is 1. The summed E-state index contributed by atoms with van der Waals surface area (Å²) in [6.07, 6.45) is 0.615. The van der Waals surface area contributed by atoms with Crippen LogP contribution in [0, 0.1) is 0 Å². The SMILES string of the molecule is C=CCC(F)(F)C(=O)OCCc1cccc(N)c1. The molecular formula is C13H15F2NO2. The molecule has 1 rings (SSSR count). The average Bonchev–Trinajstić information content (AvgIpc) is 2.28. The Bertz CT molecular complexity index is 433. The lowest BCUT2D eigenvalue weighted by Gasteiger charge is -2.13. The Morgan fingerprint density at radius 2 is 2.22 bits per heavy atom. The molecule has 0 amide bonds. The maximum absolute atomic E-state index is 13.0. The first-order valence-corrected chi connectivity index (χ1v) is 5.46. The van der Waals surface area contributed by atoms with E-state index in [1.165, 1.54) is 0 Å². The number of rotatable bonds is 6. The summed E-state index contributed by atoms with van der Waals surface area (Å²) in [6, 6.07) is 6.95. The Morgan fingerprint density at radius 1 is 1.50 bits per heavy atom. The van der Waals surface area contributed by atoms with Crippen molar-refractivity contribution in [2.45, 2.75) is 18.8 Å². The van der Waals surface area contributed by atoms with Gasteiger partial charge in [-0.25, -0.2) is 4.79 Å². The van der Waals surface area contributed by atoms with E-state index in [0.717, 1.165) is 11.6 Å². The van der Waals surface area contributed by atoms with Crippen molar-refractivity contribution in [1.29, 1.82) is 0 Å². The molecule has 2 N–H and O–H groups in total. The Kier molecular flexibility index (Phi) is 4.83. The minimum absolute atomic E-state index is 0.102. The Labute approximate surface area is 104 Å². The third-order valence-electron chi connectivity index (χ3n) is 2.27. The highest BCUT2D eigenvalue weighted by Gasteiger charge is 2.38. The van der Waals surface area contributed by atoms with E-state index in [-0.39, 0.29) is 6.61 Å². The number of hydrogen-bond acceptors (Lipinski definition) is 3. The molecule has 0 aliphatic rings. The summed E-state index contributed by atoms with van der Waals surface area (Å²) >= 11 is 0. The van der Waals surface area contributed by atoms with Gasteiger partial charge in [-0.1, -0.05) is 18.2 Å². The summed E-state index contributed by atoms with van der Waals surface area (Å²) < 4.78 is 30.6. The van der Waals surface area contributed by atoms with E-state index in [4.69, 9.17) is 5.73 Å². The van der Waals surface area contributed by atoms with Gasteiger partial charge >= 0.3 is 11.9 Å². The largest absolute Gasteiger partial charge is 0.461 e. The smallest absolute Gasteiger partial charge is 0.377 e. The van der Waals surface area contributed by atoms with Crippen molar-refractivity contribution in [2.75, 3.05) is 12.3 Å². The molecule has 0 aliphatic heterocycles. The van der Waals surface area contributed by atoms with E-state index in [1.54, 1.807) is 24.3 Å². The van der Waals surface area contributed by atoms with Crippen LogP contribution in [0.2, 0.25) is 0 Å². The maximum Gasteiger partial charge on any atom is 0.377 e. The van der Waals surface area contributed by atoms with Gasteiger partial charge in [0.1, 0.15) is 0 Å². The summed E-state index contributed by atoms with van der Waals surface area (Å²) in [7, 11) is 0. The lowest BCUT2D eigenvalue weighted by Crippen LogP contribution is -2.30. The number of esters is 1. The van der Waals surface area contributed by atoms with Crippen LogP contribution in [0.1, 0.15) is 12.0 Å². The van der Waals surface area contributed by atoms with Gasteiger partial charge in [0.25, 0.3) is 0 Å². The van der Waals surface area contributed by atoms with E-state index in [0.29, 0.717) is 12.1 Å². The van der Waals surface area contributed by atoms with Gasteiger partial charge in [-0.15, -0.1) is 6.58 Å². The van der Waals surface area contributed by atoms with Crippen LogP contribution in [0.4, 0.5) is 14.5 Å². The molecule has 3 nitrogen and oxygen atoms in total. The molecule has 0 aromatic heterocycles. The normalized spacial score (nSPS) is 11.0. The number of anilines is 1. The van der Waals surface area contributed by atoms with Crippen molar-refractivity contribution in [2.24, 2.45) is 0 Å². The number of allylic oxidation sites excluding steroid dienone is 1. The molecule has 0 bridgehead atoms. The van der Waals surface area contributed by atoms with Crippen molar-refractivity contribution < 1.29 is 18.3 Å². The number of halogens is 2. The fraction of sp³-hybridized carbons (Fsp3) is 0.308. The van der Waals surface area contributed by atoms with Gasteiger partial charge in [-0.2, -0.15) is 8.78 Å². The molecule has 5 heteroatoms. The van der Waals surface area contributed by atoms with E-state index < -0.39 is 18.3 Å². The molecule has 0 spiro atoms. The molecule has 0 fully saturated rings. The van der Waals surface area contributed by atoms with E-state index in [1.807, 2.05) is 0 Å². The van der Waals surface area contributed by atoms with Crippen LogP contribution in [-0.4, -0.2) is 18.5 Å². The molecule has 98 valence electrons. The highest BCUT2D eigenvalue weighted by molar-refractivity contribution is 5.77. The lowest BCUT2D eigenvalue weighted by molar-refractivity contribution is -0.171. The summed E-state index contributed by atoms with van der Waals surface area (Å²) in [4.78, 5) is 11.1. The zero-order valence-electron chi connectivity index (χ0n) is 9.86. The van der Waals surface area contributed by atoms with Crippen molar-refractivity contribution in [3.05, 3.63) is 42.5 Å². The number of ether oxygens (including phenoxy) is 1. The molecule has 0 saturated carbocycles. The minimum atomic E-state index is -3.50. The quantitative estimate of drug-likeness (QED) is 0.483. The maximum atomic E-state index is 13.0. The second-order valence-electron chi connectivity index (χ2n) is 3.83. The first kappa shape index (κ1) is 14.2. The Balaban J connectivity index is 2.42. The first-order chi connectivity index (χ1) is 8.45. The first-order valence-electron chi connectivity index (χ1n) is 5.46. The third kappa shape index (κ3) is 4.16. The van der Waals surface area contributed by atoms with Crippen molar-refractivity contribution in [3.63, 3.8) is 0 Å². The van der Waals surface area contributed by atoms with Crippen molar-refractivity contribution >= 4 is 11.7 Å². The standard InChI is InChI=1S/C13H15F2NO2/c1-2-7-13(14,15)12(17)18-8-6-10-4-3-5-11(16)9-10/h2-5,9H,1,6-8,16H2. The highest BCUT2D eigenvalue weighted by Crippen LogP contribution is 2.20. The van der Waals surface area contributed by atoms with Gasteiger partial charge in [0, 0.05) is 18.5 Å². The molecule has 0 unspecified atom stereocenters. The van der Waals surface area contributed by atoms with Gasteiger partial charge in [0.05, 0.1) is 6.61 Å². The Morgan fingerprint density at radius 3 is 2.83 bits per heavy atom. The van der Waals surface area contributed by atoms with Crippen LogP contribution in [-0.2, 0) is 16.0 Å². The number of carbonyl (C=O) groups excluding carboxylic acids is 1. The molecule has 1 aromatic carbocycles. The van der Waals surface area contributed by atoms with E-state index >= 15 is 0 Å². The van der Waals surface area contributed by atoms with Crippen LogP contribution in [0.5, 0.6) is 0 Å². The monoisotopic (exact) mass is 255 g/mol. The minimum Gasteiger partial charge on any atom is -0.461 e. The number of benzene rings is 1. The zero-order valence-corrected chi connectivity index (χ0v) is 9.86. The topological polar surface area (TPSA) is 52.3 Å². The summed E-state index contributed by atoms with van der Waals surface area (Å²) in [5, 5.41) is 0. The molecular weight excluding hydrogens is 240 g/mol. The van der Waals surface area contributed by atoms with Crippen LogP contribution < -0.4 is 5.73 Å². The number of carbonyl (C=O) groups is 1. The van der Waals surface area contributed by atoms with E-state index in [9.17, 15) is 13.6 Å². The van der Waals surface area contributed by atoms with Gasteiger partial charge in [0.2, 0.25) is 0 Å². The number of nitrogen functional groups attached to an aromatic ring is 1. The second kappa shape index (κ2) is 6.14. The van der Waals surface area contributed by atoms with Gasteiger partial charge in [-0.3, -0.25) is 0 Å². The average molecular weight is 255 g/mol. The predicted molar refractivity (Wildman–Crippen MR) is 65.3 cm³/mol. The summed E-state index contributed by atoms with van der Waals surface area (Å²) in [5.41, 5.74) is 6.97. The summed E-state index contributed by atoms with van der Waals surface area (Å²) in [6.45, 7) is 3.06. The zero-order chi connectivity index (χ0) is 13.6. The molecule has 0 saturated heterocycles. The third-order valence-corrected chi connectivity index (χ3v) is 2.27. The fourth-order valence-corrected chi connectivity index (χ4v) is 1.38. The van der Waals surface area contributed by atoms with Crippen LogP contribution in [0.15, 0.2) is 36.9 Å². The summed E-state index contributed by atoms with van der Waals surface area (Å²) in [5.74, 6) is -5.02. The van der Waals surface area contributed by atoms with Crippen LogP contribution >= 0.6 is 0 Å². The van der Waals surface area contributed by atoms with Crippen LogP contribution in [0.25, 0.3) is 0 Å². The lowest BCUT2D eigenvalue weighted by atomic mass is 10.1. The molecule has 18 heavy (non-hydrogen) atoms. The molecule has 1 aromatic rings. The predicted octanol–water partition coefficient (Wildman–Crippen LogP) is 2.57. The molecule has 0 atom stereocenters. The Hall–Kier alpha value is -1.91. The second-order valence-corrected chi connectivity index (χ2v) is 3.83. The van der Waals surface area contributed by atoms with Gasteiger partial charge < -0.3 is 10.5 Å². The highest BCUT2D eigenvalue weighted by atomic mass is 19.3. The van der Waals surface area contributed by atoms with Gasteiger partial charge in [0.15, 0.2) is 0 Å². The number of nitrogens with two attached hydrogens (primary N) is 1. The molecule has 0 heterocycles. The number of alkyl halides is 2. The molecule has 0 radical (unpaired) electrons. The van der Waals surface area contributed by atoms with E-state index in [2.05, 4.69) is 11.3 Å². The van der Waals surface area contributed by atoms with Crippen molar-refractivity contribution in [1.82, 2.24) is 0 Å². The molecule has 0 aliphatic carbocycles. The van der Waals surface area contributed by atoms with Gasteiger partial charge in [-0.05, 0) is 17.7 Å². The van der Waals surface area contributed by atoms with Crippen molar-refractivity contribution in [3.8, 4) is 0 Å². The van der Waals surface area contributed by atoms with Crippen LogP contribution in [0.3, 0.4) is 0 Å².